The number of aromatic nitrogens is 4. The van der Waals surface area contributed by atoms with Crippen LogP contribution in [0.15, 0.2) is 40.0 Å². The van der Waals surface area contributed by atoms with Crippen molar-refractivity contribution in [2.45, 2.75) is 36.8 Å². The van der Waals surface area contributed by atoms with Crippen molar-refractivity contribution in [3.05, 3.63) is 42.0 Å². The van der Waals surface area contributed by atoms with Crippen LogP contribution in [-0.4, -0.2) is 30.5 Å². The number of nitrogens with zero attached hydrogens (tertiary/aromatic N) is 5. The molecule has 1 saturated carbocycles. The van der Waals surface area contributed by atoms with Crippen LogP contribution in [0.3, 0.4) is 0 Å². The predicted molar refractivity (Wildman–Crippen MR) is 94.4 cm³/mol. The van der Waals surface area contributed by atoms with E-state index in [-0.39, 0.29) is 5.52 Å². The average molecular weight is 395 g/mol. The molecule has 0 radical (unpaired) electrons. The van der Waals surface area contributed by atoms with Crippen LogP contribution in [0.1, 0.15) is 36.9 Å². The van der Waals surface area contributed by atoms with Crippen molar-refractivity contribution in [1.82, 2.24) is 19.7 Å². The minimum absolute atomic E-state index is 0.138. The van der Waals surface area contributed by atoms with Gasteiger partial charge >= 0.3 is 6.18 Å². The second-order valence-corrected chi connectivity index (χ2v) is 7.63. The van der Waals surface area contributed by atoms with Gasteiger partial charge in [0.05, 0.1) is 21.0 Å². The molecule has 0 N–H and O–H groups in total. The molecule has 0 amide bonds. The number of pyridine rings is 2. The van der Waals surface area contributed by atoms with Gasteiger partial charge in [-0.25, -0.2) is 18.2 Å². The summed E-state index contributed by atoms with van der Waals surface area (Å²) in [7, 11) is -2.03. The van der Waals surface area contributed by atoms with E-state index in [4.69, 9.17) is 0 Å². The van der Waals surface area contributed by atoms with E-state index in [9.17, 15) is 17.4 Å². The first-order valence-corrected chi connectivity index (χ1v) is 9.65. The summed E-state index contributed by atoms with van der Waals surface area (Å²) in [6.07, 6.45) is 1.95. The highest BCUT2D eigenvalue weighted by molar-refractivity contribution is 7.75. The molecule has 142 valence electrons. The van der Waals surface area contributed by atoms with E-state index in [1.807, 2.05) is 6.07 Å². The van der Waals surface area contributed by atoms with Crippen LogP contribution in [0.5, 0.6) is 0 Å². The molecule has 1 aliphatic rings. The van der Waals surface area contributed by atoms with Gasteiger partial charge in [-0.15, -0.1) is 0 Å². The van der Waals surface area contributed by atoms with E-state index in [0.717, 1.165) is 30.7 Å². The molecule has 3 aromatic heterocycles. The van der Waals surface area contributed by atoms with Crippen LogP contribution in [0.25, 0.3) is 16.7 Å². The Balaban J connectivity index is 1.84. The quantitative estimate of drug-likeness (QED) is 0.683. The van der Waals surface area contributed by atoms with Crippen molar-refractivity contribution in [2.24, 2.45) is 4.36 Å². The molecule has 1 atom stereocenters. The summed E-state index contributed by atoms with van der Waals surface area (Å²) in [5.41, 5.74) is 0.129. The summed E-state index contributed by atoms with van der Waals surface area (Å²) in [5.74, 6) is 0.730. The number of hydrogen-bond acceptors (Lipinski definition) is 5. The molecule has 3 aromatic rings. The number of alkyl halides is 3. The fraction of sp³-hybridized carbons (Fsp3) is 0.353. The van der Waals surface area contributed by atoms with Gasteiger partial charge in [0.25, 0.3) is 0 Å². The lowest BCUT2D eigenvalue weighted by atomic mass is 10.2. The molecular formula is C17H16F3N5OS. The Morgan fingerprint density at radius 3 is 2.70 bits per heavy atom. The zero-order chi connectivity index (χ0) is 19.2. The average Bonchev–Trinajstić information content (AvgIpc) is 3.39. The monoisotopic (exact) mass is 395 g/mol. The van der Waals surface area contributed by atoms with Crippen molar-refractivity contribution >= 4 is 21.5 Å². The van der Waals surface area contributed by atoms with E-state index < -0.39 is 22.5 Å². The molecule has 27 heavy (non-hydrogen) atoms. The summed E-state index contributed by atoms with van der Waals surface area (Å²) < 4.78 is 56.6. The summed E-state index contributed by atoms with van der Waals surface area (Å²) in [5, 5.41) is 4.63. The van der Waals surface area contributed by atoms with Crippen molar-refractivity contribution in [3.8, 4) is 5.82 Å². The number of rotatable bonds is 4. The Hall–Kier alpha value is -2.49. The molecule has 6 nitrogen and oxygen atoms in total. The highest BCUT2D eigenvalue weighted by atomic mass is 32.2. The highest BCUT2D eigenvalue weighted by Crippen LogP contribution is 2.40. The second-order valence-electron chi connectivity index (χ2n) is 6.32. The van der Waals surface area contributed by atoms with Crippen molar-refractivity contribution < 1.29 is 17.4 Å². The lowest BCUT2D eigenvalue weighted by Gasteiger charge is -2.07. The van der Waals surface area contributed by atoms with E-state index in [2.05, 4.69) is 19.4 Å². The first kappa shape index (κ1) is 17.9. The molecule has 3 heterocycles. The van der Waals surface area contributed by atoms with E-state index >= 15 is 0 Å². The molecule has 0 saturated heterocycles. The summed E-state index contributed by atoms with van der Waals surface area (Å²) in [6.45, 7) is 2.18. The van der Waals surface area contributed by atoms with Gasteiger partial charge in [0, 0.05) is 30.5 Å². The maximum Gasteiger partial charge on any atom is 0.433 e. The van der Waals surface area contributed by atoms with Gasteiger partial charge in [0.15, 0.2) is 5.82 Å². The maximum atomic E-state index is 12.9. The molecule has 1 fully saturated rings. The van der Waals surface area contributed by atoms with Crippen LogP contribution < -0.4 is 0 Å². The first-order valence-electron chi connectivity index (χ1n) is 8.44. The Bertz CT molecular complexity index is 1100. The van der Waals surface area contributed by atoms with Crippen LogP contribution in [0.2, 0.25) is 0 Å². The van der Waals surface area contributed by atoms with Gasteiger partial charge in [-0.05, 0) is 43.4 Å². The molecule has 10 heteroatoms. The number of thiol groups is 1. The molecule has 0 bridgehead atoms. The minimum atomic E-state index is -4.55. The third-order valence-corrected chi connectivity index (χ3v) is 5.57. The summed E-state index contributed by atoms with van der Waals surface area (Å²) in [6, 6.07) is 2.71. The zero-order valence-electron chi connectivity index (χ0n) is 14.3. The highest BCUT2D eigenvalue weighted by Gasteiger charge is 2.33. The van der Waals surface area contributed by atoms with Gasteiger partial charge in [-0.3, -0.25) is 4.98 Å². The van der Waals surface area contributed by atoms with Gasteiger partial charge in [0.2, 0.25) is 0 Å². The Morgan fingerprint density at radius 1 is 1.26 bits per heavy atom. The van der Waals surface area contributed by atoms with E-state index in [1.54, 1.807) is 13.1 Å². The predicted octanol–water partition coefficient (Wildman–Crippen LogP) is 3.76. The molecule has 4 rings (SSSR count). The zero-order valence-corrected chi connectivity index (χ0v) is 15.2. The molecular weight excluding hydrogens is 379 g/mol. The summed E-state index contributed by atoms with van der Waals surface area (Å²) >= 11 is 0. The molecule has 0 spiro atoms. The minimum Gasteiger partial charge on any atom is -0.251 e. The normalized spacial score (nSPS) is 16.1. The van der Waals surface area contributed by atoms with Crippen molar-refractivity contribution in [3.63, 3.8) is 0 Å². The molecule has 0 aliphatic heterocycles. The van der Waals surface area contributed by atoms with Crippen LogP contribution in [0, 0.1) is 0 Å². The molecule has 1 aliphatic carbocycles. The Labute approximate surface area is 154 Å². The third-order valence-electron chi connectivity index (χ3n) is 4.29. The van der Waals surface area contributed by atoms with E-state index in [0.29, 0.717) is 28.6 Å². The van der Waals surface area contributed by atoms with Gasteiger partial charge in [-0.2, -0.15) is 18.3 Å². The number of hydrogen-bond donors (Lipinski definition) is 1. The SMILES string of the molecule is CC/N=[SH](=O)/c1cc(C2CC2)cnc1-n1cc2cnc(C(F)(F)F)cc2n1. The van der Waals surface area contributed by atoms with Crippen LogP contribution in [-0.2, 0) is 16.8 Å². The lowest BCUT2D eigenvalue weighted by molar-refractivity contribution is -0.141. The largest absolute Gasteiger partial charge is 0.433 e. The van der Waals surface area contributed by atoms with Gasteiger partial charge in [0.1, 0.15) is 5.69 Å². The first-order chi connectivity index (χ1) is 12.9. The van der Waals surface area contributed by atoms with Crippen LogP contribution >= 0.6 is 0 Å². The number of fused-ring (bicyclic) bond motifs is 1. The fourth-order valence-electron chi connectivity index (χ4n) is 2.80. The number of halogens is 3. The standard InChI is InChI=1S/C17H16F3N5OS/c1-2-23-27(26)14-5-11(10-3-4-10)7-22-16(14)25-9-12-8-21-15(17(18,19)20)6-13(12)24-25/h5-10,27H,2-4H2,1H3. The summed E-state index contributed by atoms with van der Waals surface area (Å²) in [4.78, 5) is 8.27. The Kier molecular flexibility index (Phi) is 4.37. The van der Waals surface area contributed by atoms with Gasteiger partial charge in [-0.1, -0.05) is 0 Å². The van der Waals surface area contributed by atoms with Crippen LogP contribution in [0.4, 0.5) is 13.2 Å². The smallest absolute Gasteiger partial charge is 0.251 e. The van der Waals surface area contributed by atoms with Crippen molar-refractivity contribution in [2.75, 3.05) is 6.54 Å². The Morgan fingerprint density at radius 2 is 2.04 bits per heavy atom. The second kappa shape index (κ2) is 6.59. The fourth-order valence-corrected chi connectivity index (χ4v) is 3.80. The van der Waals surface area contributed by atoms with Crippen molar-refractivity contribution in [1.29, 1.82) is 0 Å². The van der Waals surface area contributed by atoms with Gasteiger partial charge < -0.3 is 0 Å². The topological polar surface area (TPSA) is 73.0 Å². The molecule has 1 unspecified atom stereocenters. The van der Waals surface area contributed by atoms with E-state index in [1.165, 1.54) is 10.9 Å². The lowest BCUT2D eigenvalue weighted by Crippen LogP contribution is -2.07. The third kappa shape index (κ3) is 3.53. The molecule has 0 aromatic carbocycles. The maximum absolute atomic E-state index is 12.9.